The summed E-state index contributed by atoms with van der Waals surface area (Å²) in [5.74, 6) is -0.851. The van der Waals surface area contributed by atoms with E-state index in [1.165, 1.54) is 0 Å². The van der Waals surface area contributed by atoms with Gasteiger partial charge < -0.3 is 15.4 Å². The van der Waals surface area contributed by atoms with Gasteiger partial charge in [-0.1, -0.05) is 36.4 Å². The molecule has 5 nitrogen and oxygen atoms in total. The number of aliphatic hydroxyl groups is 1. The van der Waals surface area contributed by atoms with Crippen molar-refractivity contribution in [2.75, 3.05) is 0 Å². The molecule has 0 aliphatic heterocycles. The molecule has 0 saturated carbocycles. The second-order valence-corrected chi connectivity index (χ2v) is 6.00. The van der Waals surface area contributed by atoms with Crippen molar-refractivity contribution in [1.29, 1.82) is 0 Å². The Morgan fingerprint density at radius 1 is 1.18 bits per heavy atom. The zero-order valence-corrected chi connectivity index (χ0v) is 12.8. The molecule has 22 heavy (non-hydrogen) atoms. The number of nitrogens with zero attached hydrogens (tertiary/aromatic N) is 2. The number of esters is 1. The van der Waals surface area contributed by atoms with Gasteiger partial charge in [0.2, 0.25) is 0 Å². The maximum absolute atomic E-state index is 12.0. The van der Waals surface area contributed by atoms with Gasteiger partial charge in [0.05, 0.1) is 0 Å². The maximum atomic E-state index is 12.0. The molecule has 1 N–H and O–H groups in total. The van der Waals surface area contributed by atoms with Gasteiger partial charge in [-0.25, -0.2) is 4.79 Å². The Morgan fingerprint density at radius 2 is 1.82 bits per heavy atom. The van der Waals surface area contributed by atoms with E-state index in [-0.39, 0.29) is 0 Å². The summed E-state index contributed by atoms with van der Waals surface area (Å²) in [5.41, 5.74) is 8.34. The Kier molecular flexibility index (Phi) is 4.40. The summed E-state index contributed by atoms with van der Waals surface area (Å²) < 4.78 is 5.13. The lowest BCUT2D eigenvalue weighted by molar-refractivity contribution is -0.152. The van der Waals surface area contributed by atoms with Crippen molar-refractivity contribution in [3.8, 4) is 0 Å². The first-order valence-corrected chi connectivity index (χ1v) is 6.94. The summed E-state index contributed by atoms with van der Waals surface area (Å²) in [5, 5.41) is 12.2. The van der Waals surface area contributed by atoms with Gasteiger partial charge in [0.15, 0.2) is 6.10 Å². The third-order valence-corrected chi connectivity index (χ3v) is 3.06. The van der Waals surface area contributed by atoms with Gasteiger partial charge in [-0.3, -0.25) is 0 Å². The first kappa shape index (κ1) is 15.9. The van der Waals surface area contributed by atoms with Crippen molar-refractivity contribution in [2.45, 2.75) is 32.5 Å². The largest absolute Gasteiger partial charge is 0.451 e. The summed E-state index contributed by atoms with van der Waals surface area (Å²) in [6, 6.07) is 12.9. The minimum atomic E-state index is -1.36. The van der Waals surface area contributed by atoms with Crippen LogP contribution in [0, 0.1) is 0 Å². The van der Waals surface area contributed by atoms with Crippen LogP contribution in [-0.2, 0) is 9.53 Å². The third-order valence-electron chi connectivity index (χ3n) is 3.06. The number of hydrogen-bond donors (Lipinski definition) is 1. The Hall–Kier alpha value is -2.49. The molecule has 2 rings (SSSR count). The monoisotopic (exact) mass is 298 g/mol. The molecule has 0 amide bonds. The SMILES string of the molecule is CC(C)(C)OC(=O)C(=[N+]=[N-])[C@@H](O)c1ccc2ccccc2c1. The highest BCUT2D eigenvalue weighted by Crippen LogP contribution is 2.22. The van der Waals surface area contributed by atoms with E-state index < -0.39 is 23.4 Å². The minimum Gasteiger partial charge on any atom is -0.451 e. The van der Waals surface area contributed by atoms with Crippen LogP contribution in [0.4, 0.5) is 0 Å². The van der Waals surface area contributed by atoms with Crippen molar-refractivity contribution >= 4 is 22.5 Å². The van der Waals surface area contributed by atoms with Crippen molar-refractivity contribution in [3.63, 3.8) is 0 Å². The van der Waals surface area contributed by atoms with Crippen LogP contribution in [-0.4, -0.2) is 27.2 Å². The van der Waals surface area contributed by atoms with Crippen molar-refractivity contribution in [3.05, 3.63) is 53.6 Å². The first-order valence-electron chi connectivity index (χ1n) is 6.94. The van der Waals surface area contributed by atoms with Crippen LogP contribution < -0.4 is 0 Å². The van der Waals surface area contributed by atoms with Crippen molar-refractivity contribution in [1.82, 2.24) is 0 Å². The van der Waals surface area contributed by atoms with Crippen LogP contribution in [0.5, 0.6) is 0 Å². The molecule has 0 radical (unpaired) electrons. The maximum Gasteiger partial charge on any atom is 0.420 e. The van der Waals surface area contributed by atoms with E-state index in [9.17, 15) is 9.90 Å². The summed E-state index contributed by atoms with van der Waals surface area (Å²) >= 11 is 0. The van der Waals surface area contributed by atoms with E-state index in [0.29, 0.717) is 5.56 Å². The second kappa shape index (κ2) is 6.10. The number of carbonyl (C=O) groups is 1. The number of fused-ring (bicyclic) bond motifs is 1. The van der Waals surface area contributed by atoms with Crippen LogP contribution >= 0.6 is 0 Å². The number of carbonyl (C=O) groups excluding carboxylic acids is 1. The molecule has 0 unspecified atom stereocenters. The van der Waals surface area contributed by atoms with E-state index in [1.54, 1.807) is 32.9 Å². The molecule has 0 bridgehead atoms. The molecule has 2 aromatic carbocycles. The van der Waals surface area contributed by atoms with Crippen LogP contribution in [0.3, 0.4) is 0 Å². The Bertz CT molecular complexity index is 756. The summed E-state index contributed by atoms with van der Waals surface area (Å²) in [4.78, 5) is 14.9. The molecule has 0 fully saturated rings. The normalized spacial score (nSPS) is 12.5. The molecular formula is C17H18N2O3. The molecule has 0 aliphatic carbocycles. The van der Waals surface area contributed by atoms with E-state index in [4.69, 9.17) is 10.3 Å². The summed E-state index contributed by atoms with van der Waals surface area (Å²) in [7, 11) is 0. The van der Waals surface area contributed by atoms with E-state index in [2.05, 4.69) is 4.79 Å². The van der Waals surface area contributed by atoms with Gasteiger partial charge in [0.25, 0.3) is 0 Å². The average Bonchev–Trinajstić information content (AvgIpc) is 2.45. The predicted molar refractivity (Wildman–Crippen MR) is 83.4 cm³/mol. The van der Waals surface area contributed by atoms with E-state index in [0.717, 1.165) is 10.8 Å². The highest BCUT2D eigenvalue weighted by Gasteiger charge is 2.35. The van der Waals surface area contributed by atoms with Gasteiger partial charge >= 0.3 is 11.7 Å². The van der Waals surface area contributed by atoms with Crippen LogP contribution in [0.1, 0.15) is 32.4 Å². The topological polar surface area (TPSA) is 82.9 Å². The average molecular weight is 298 g/mol. The lowest BCUT2D eigenvalue weighted by atomic mass is 10.0. The van der Waals surface area contributed by atoms with E-state index >= 15 is 0 Å². The van der Waals surface area contributed by atoms with E-state index in [1.807, 2.05) is 30.3 Å². The van der Waals surface area contributed by atoms with Gasteiger partial charge in [-0.15, -0.1) is 0 Å². The zero-order valence-electron chi connectivity index (χ0n) is 12.8. The number of hydrogen-bond acceptors (Lipinski definition) is 3. The Balaban J connectivity index is 2.33. The van der Waals surface area contributed by atoms with Crippen molar-refractivity contribution < 1.29 is 19.4 Å². The molecule has 0 saturated heterocycles. The first-order chi connectivity index (χ1) is 10.3. The van der Waals surface area contributed by atoms with Crippen LogP contribution in [0.15, 0.2) is 42.5 Å². The molecule has 0 aromatic heterocycles. The number of aliphatic hydroxyl groups excluding tert-OH is 1. The lowest BCUT2D eigenvalue weighted by Gasteiger charge is -2.18. The standard InChI is InChI=1S/C17H18N2O3/c1-17(2,3)22-16(21)14(19-18)15(20)13-9-8-11-6-4-5-7-12(11)10-13/h4-10,15,20H,1-3H3/t15-/m0/s1. The van der Waals surface area contributed by atoms with Gasteiger partial charge in [-0.05, 0) is 43.2 Å². The highest BCUT2D eigenvalue weighted by molar-refractivity contribution is 6.35. The Morgan fingerprint density at radius 3 is 2.41 bits per heavy atom. The fourth-order valence-electron chi connectivity index (χ4n) is 2.07. The molecule has 5 heteroatoms. The molecule has 0 heterocycles. The molecule has 0 aliphatic rings. The molecule has 2 aromatic rings. The van der Waals surface area contributed by atoms with Gasteiger partial charge in [-0.2, -0.15) is 4.79 Å². The summed E-state index contributed by atoms with van der Waals surface area (Å²) in [6.07, 6.45) is -1.36. The molecule has 1 atom stereocenters. The smallest absolute Gasteiger partial charge is 0.420 e. The Labute approximate surface area is 128 Å². The molecular weight excluding hydrogens is 280 g/mol. The van der Waals surface area contributed by atoms with Crippen LogP contribution in [0.2, 0.25) is 0 Å². The van der Waals surface area contributed by atoms with Gasteiger partial charge in [0.1, 0.15) is 5.60 Å². The predicted octanol–water partition coefficient (Wildman–Crippen LogP) is 2.89. The third kappa shape index (κ3) is 3.58. The zero-order chi connectivity index (χ0) is 16.3. The lowest BCUT2D eigenvalue weighted by Crippen LogP contribution is -2.32. The second-order valence-electron chi connectivity index (χ2n) is 6.00. The fraction of sp³-hybridized carbons (Fsp3) is 0.294. The quantitative estimate of drug-likeness (QED) is 0.409. The summed E-state index contributed by atoms with van der Waals surface area (Å²) in [6.45, 7) is 5.09. The van der Waals surface area contributed by atoms with Crippen LogP contribution in [0.25, 0.3) is 16.3 Å². The molecule has 0 spiro atoms. The number of benzene rings is 2. The molecule has 114 valence electrons. The minimum absolute atomic E-state index is 0.440. The van der Waals surface area contributed by atoms with Gasteiger partial charge in [0, 0.05) is 0 Å². The number of rotatable bonds is 3. The highest BCUT2D eigenvalue weighted by atomic mass is 16.6. The fourth-order valence-corrected chi connectivity index (χ4v) is 2.07. The number of ether oxygens (including phenoxy) is 1. The van der Waals surface area contributed by atoms with Crippen molar-refractivity contribution in [2.24, 2.45) is 0 Å².